The molecule has 2 aliphatic heterocycles. The van der Waals surface area contributed by atoms with Gasteiger partial charge in [-0.2, -0.15) is 5.10 Å². The molecule has 1 atom stereocenters. The summed E-state index contributed by atoms with van der Waals surface area (Å²) in [5.41, 5.74) is 1.34. The number of benzene rings is 2. The van der Waals surface area contributed by atoms with Crippen molar-refractivity contribution in [2.75, 3.05) is 10.2 Å². The monoisotopic (exact) mass is 362 g/mol. The molecule has 134 valence electrons. The number of para-hydroxylation sites is 1. The summed E-state index contributed by atoms with van der Waals surface area (Å²) in [5, 5.41) is 9.50. The van der Waals surface area contributed by atoms with E-state index in [-0.39, 0.29) is 30.6 Å². The SMILES string of the molecule is O=C1CC2(C(=O)N(Cc3ccccc3F)c3ccccc32)c2cn[nH]c2N1. The molecule has 3 heterocycles. The summed E-state index contributed by atoms with van der Waals surface area (Å²) >= 11 is 0. The van der Waals surface area contributed by atoms with Crippen molar-refractivity contribution >= 4 is 23.3 Å². The predicted octanol–water partition coefficient (Wildman–Crippen LogP) is 2.72. The molecule has 2 aliphatic rings. The van der Waals surface area contributed by atoms with E-state index in [1.807, 2.05) is 24.3 Å². The molecule has 0 aliphatic carbocycles. The molecular formula is C20H15FN4O2. The summed E-state index contributed by atoms with van der Waals surface area (Å²) in [6, 6.07) is 13.7. The van der Waals surface area contributed by atoms with Crippen LogP contribution in [0.15, 0.2) is 54.7 Å². The van der Waals surface area contributed by atoms with Gasteiger partial charge in [-0.05, 0) is 17.7 Å². The number of fused-ring (bicyclic) bond motifs is 4. The fourth-order valence-corrected chi connectivity index (χ4v) is 4.13. The zero-order chi connectivity index (χ0) is 18.6. The molecule has 0 saturated carbocycles. The fraction of sp³-hybridized carbons (Fsp3) is 0.150. The molecule has 0 saturated heterocycles. The van der Waals surface area contributed by atoms with Gasteiger partial charge in [-0.3, -0.25) is 14.7 Å². The Morgan fingerprint density at radius 3 is 2.70 bits per heavy atom. The van der Waals surface area contributed by atoms with E-state index in [1.54, 1.807) is 29.3 Å². The normalized spacial score (nSPS) is 20.6. The lowest BCUT2D eigenvalue weighted by Gasteiger charge is -2.31. The minimum Gasteiger partial charge on any atom is -0.311 e. The number of hydrogen-bond acceptors (Lipinski definition) is 3. The fourth-order valence-electron chi connectivity index (χ4n) is 4.13. The lowest BCUT2D eigenvalue weighted by atomic mass is 9.72. The van der Waals surface area contributed by atoms with E-state index in [1.165, 1.54) is 6.07 Å². The molecular weight excluding hydrogens is 347 g/mol. The van der Waals surface area contributed by atoms with Gasteiger partial charge < -0.3 is 10.2 Å². The lowest BCUT2D eigenvalue weighted by molar-refractivity contribution is -0.126. The topological polar surface area (TPSA) is 78.1 Å². The second-order valence-corrected chi connectivity index (χ2v) is 6.79. The van der Waals surface area contributed by atoms with Crippen LogP contribution in [0.3, 0.4) is 0 Å². The summed E-state index contributed by atoms with van der Waals surface area (Å²) in [5.74, 6) is -0.441. The van der Waals surface area contributed by atoms with Crippen LogP contribution in [0.4, 0.5) is 15.9 Å². The van der Waals surface area contributed by atoms with Crippen LogP contribution in [-0.2, 0) is 21.5 Å². The predicted molar refractivity (Wildman–Crippen MR) is 96.6 cm³/mol. The Kier molecular flexibility index (Phi) is 3.21. The number of carbonyl (C=O) groups is 2. The summed E-state index contributed by atoms with van der Waals surface area (Å²) < 4.78 is 14.2. The van der Waals surface area contributed by atoms with Gasteiger partial charge in [-0.15, -0.1) is 0 Å². The number of aromatic amines is 1. The molecule has 2 aromatic carbocycles. The first-order valence-electron chi connectivity index (χ1n) is 8.60. The summed E-state index contributed by atoms with van der Waals surface area (Å²) in [6.45, 7) is 0.0963. The van der Waals surface area contributed by atoms with E-state index in [4.69, 9.17) is 0 Å². The Morgan fingerprint density at radius 1 is 1.07 bits per heavy atom. The maximum absolute atomic E-state index is 14.2. The molecule has 0 bridgehead atoms. The Morgan fingerprint density at radius 2 is 1.85 bits per heavy atom. The standard InChI is InChI=1S/C20H15FN4O2/c21-15-7-3-1-5-12(15)11-25-16-8-4-2-6-13(16)20(19(25)27)9-17(26)23-18-14(20)10-22-24-18/h1-8,10H,9,11H2,(H2,22,23,24,26). The van der Waals surface area contributed by atoms with Crippen LogP contribution >= 0.6 is 0 Å². The van der Waals surface area contributed by atoms with Gasteiger partial charge >= 0.3 is 0 Å². The molecule has 3 aromatic rings. The smallest absolute Gasteiger partial charge is 0.243 e. The van der Waals surface area contributed by atoms with Gasteiger partial charge in [0.2, 0.25) is 11.8 Å². The minimum atomic E-state index is -1.15. The average molecular weight is 362 g/mol. The molecule has 1 aromatic heterocycles. The van der Waals surface area contributed by atoms with Gasteiger partial charge in [0.1, 0.15) is 17.1 Å². The molecule has 1 unspecified atom stereocenters. The number of H-pyrrole nitrogens is 1. The number of nitrogens with one attached hydrogen (secondary N) is 2. The second kappa shape index (κ2) is 5.51. The van der Waals surface area contributed by atoms with Crippen molar-refractivity contribution in [3.8, 4) is 0 Å². The van der Waals surface area contributed by atoms with E-state index in [0.29, 0.717) is 22.6 Å². The Hall–Kier alpha value is -3.48. The van der Waals surface area contributed by atoms with E-state index in [0.717, 1.165) is 5.56 Å². The quantitative estimate of drug-likeness (QED) is 0.736. The van der Waals surface area contributed by atoms with Crippen LogP contribution in [-0.4, -0.2) is 22.0 Å². The van der Waals surface area contributed by atoms with Crippen LogP contribution in [0.5, 0.6) is 0 Å². The molecule has 6 nitrogen and oxygen atoms in total. The van der Waals surface area contributed by atoms with Gasteiger partial charge in [0.25, 0.3) is 0 Å². The van der Waals surface area contributed by atoms with Gasteiger partial charge in [0.05, 0.1) is 12.7 Å². The van der Waals surface area contributed by atoms with Crippen LogP contribution in [0.1, 0.15) is 23.1 Å². The molecule has 0 radical (unpaired) electrons. The van der Waals surface area contributed by atoms with E-state index >= 15 is 0 Å². The van der Waals surface area contributed by atoms with Gasteiger partial charge in [0, 0.05) is 23.2 Å². The van der Waals surface area contributed by atoms with Crippen LogP contribution in [0.25, 0.3) is 0 Å². The minimum absolute atomic E-state index is 0.0108. The highest BCUT2D eigenvalue weighted by Crippen LogP contribution is 2.51. The van der Waals surface area contributed by atoms with Gasteiger partial charge in [0.15, 0.2) is 0 Å². The second-order valence-electron chi connectivity index (χ2n) is 6.79. The van der Waals surface area contributed by atoms with E-state index in [2.05, 4.69) is 15.5 Å². The lowest BCUT2D eigenvalue weighted by Crippen LogP contribution is -2.46. The highest BCUT2D eigenvalue weighted by molar-refractivity contribution is 6.15. The number of nitrogens with zero attached hydrogens (tertiary/aromatic N) is 2. The third kappa shape index (κ3) is 2.08. The molecule has 0 fully saturated rings. The molecule has 27 heavy (non-hydrogen) atoms. The van der Waals surface area contributed by atoms with E-state index in [9.17, 15) is 14.0 Å². The highest BCUT2D eigenvalue weighted by atomic mass is 19.1. The van der Waals surface area contributed by atoms with Crippen molar-refractivity contribution in [3.05, 3.63) is 77.2 Å². The number of hydrogen-bond donors (Lipinski definition) is 2. The van der Waals surface area contributed by atoms with Crippen LogP contribution in [0.2, 0.25) is 0 Å². The van der Waals surface area contributed by atoms with Crippen molar-refractivity contribution in [1.82, 2.24) is 10.2 Å². The maximum Gasteiger partial charge on any atom is 0.243 e. The molecule has 1 spiro atoms. The largest absolute Gasteiger partial charge is 0.311 e. The van der Waals surface area contributed by atoms with Crippen molar-refractivity contribution in [3.63, 3.8) is 0 Å². The zero-order valence-electron chi connectivity index (χ0n) is 14.2. The van der Waals surface area contributed by atoms with Gasteiger partial charge in [-0.1, -0.05) is 36.4 Å². The number of carbonyl (C=O) groups excluding carboxylic acids is 2. The average Bonchev–Trinajstić information content (AvgIpc) is 3.22. The van der Waals surface area contributed by atoms with Crippen LogP contribution in [0, 0.1) is 5.82 Å². The Labute approximate surface area is 154 Å². The Balaban J connectivity index is 1.69. The summed E-state index contributed by atoms with van der Waals surface area (Å²) in [4.78, 5) is 27.6. The highest BCUT2D eigenvalue weighted by Gasteiger charge is 2.56. The first-order chi connectivity index (χ1) is 13.1. The Bertz CT molecular complexity index is 1090. The van der Waals surface area contributed by atoms with Crippen molar-refractivity contribution in [2.45, 2.75) is 18.4 Å². The number of anilines is 2. The first kappa shape index (κ1) is 15.7. The maximum atomic E-state index is 14.2. The number of amides is 2. The molecule has 2 amide bonds. The molecule has 2 N–H and O–H groups in total. The number of halogens is 1. The van der Waals surface area contributed by atoms with Crippen molar-refractivity contribution in [2.24, 2.45) is 0 Å². The molecule has 7 heteroatoms. The zero-order valence-corrected chi connectivity index (χ0v) is 14.2. The summed E-state index contributed by atoms with van der Waals surface area (Å²) in [7, 11) is 0. The summed E-state index contributed by atoms with van der Waals surface area (Å²) in [6.07, 6.45) is 1.57. The third-order valence-electron chi connectivity index (χ3n) is 5.34. The third-order valence-corrected chi connectivity index (χ3v) is 5.34. The van der Waals surface area contributed by atoms with Crippen LogP contribution < -0.4 is 10.2 Å². The van der Waals surface area contributed by atoms with Gasteiger partial charge in [-0.25, -0.2) is 4.39 Å². The van der Waals surface area contributed by atoms with Crippen molar-refractivity contribution < 1.29 is 14.0 Å². The molecule has 5 rings (SSSR count). The first-order valence-corrected chi connectivity index (χ1v) is 8.60. The van der Waals surface area contributed by atoms with E-state index < -0.39 is 5.41 Å². The number of rotatable bonds is 2. The van der Waals surface area contributed by atoms with Crippen molar-refractivity contribution in [1.29, 1.82) is 0 Å². The number of aromatic nitrogens is 2.